The van der Waals surface area contributed by atoms with Crippen LogP contribution in [-0.2, 0) is 11.3 Å². The maximum Gasteiger partial charge on any atom is 0.290 e. The van der Waals surface area contributed by atoms with E-state index in [-0.39, 0.29) is 29.0 Å². The number of rotatable bonds is 5. The summed E-state index contributed by atoms with van der Waals surface area (Å²) in [5, 5.41) is 5.12. The number of aryl methyl sites for hydroxylation is 1. The minimum Gasteiger partial charge on any atom is -0.273 e. The van der Waals surface area contributed by atoms with Gasteiger partial charge in [0.05, 0.1) is 5.39 Å². The molecule has 30 heavy (non-hydrogen) atoms. The monoisotopic (exact) mass is 468 g/mol. The Kier molecular flexibility index (Phi) is 5.67. The van der Waals surface area contributed by atoms with Crippen molar-refractivity contribution < 1.29 is 9.59 Å². The Morgan fingerprint density at radius 3 is 2.50 bits per heavy atom. The smallest absolute Gasteiger partial charge is 0.273 e. The number of hydrogen-bond donors (Lipinski definition) is 2. The molecule has 1 saturated carbocycles. The van der Waals surface area contributed by atoms with Crippen LogP contribution in [0.2, 0.25) is 0 Å². The molecule has 0 radical (unpaired) electrons. The molecule has 2 amide bonds. The molecule has 3 aromatic rings. The van der Waals surface area contributed by atoms with Crippen molar-refractivity contribution in [3.63, 3.8) is 0 Å². The number of hydrazine groups is 1. The first-order chi connectivity index (χ1) is 14.5. The summed E-state index contributed by atoms with van der Waals surface area (Å²) < 4.78 is 2.29. The van der Waals surface area contributed by atoms with E-state index in [0.717, 1.165) is 16.5 Å². The molecule has 1 aliphatic carbocycles. The summed E-state index contributed by atoms with van der Waals surface area (Å²) >= 11 is 3.40. The molecule has 2 N–H and O–H groups in total. The number of nitrogens with zero attached hydrogens (tertiary/aromatic N) is 2. The fourth-order valence-corrected chi connectivity index (χ4v) is 3.86. The topological polar surface area (TPSA) is 93.1 Å². The van der Waals surface area contributed by atoms with Gasteiger partial charge < -0.3 is 0 Å². The van der Waals surface area contributed by atoms with Crippen LogP contribution in [0.5, 0.6) is 0 Å². The molecule has 2 unspecified atom stereocenters. The highest BCUT2D eigenvalue weighted by Gasteiger charge is 2.44. The van der Waals surface area contributed by atoms with Crippen LogP contribution < -0.4 is 16.4 Å². The van der Waals surface area contributed by atoms with Crippen LogP contribution in [0.3, 0.4) is 0 Å². The summed E-state index contributed by atoms with van der Waals surface area (Å²) in [6.07, 6.45) is 1.45. The highest BCUT2D eigenvalue weighted by atomic mass is 79.9. The minimum absolute atomic E-state index is 0.110. The van der Waals surface area contributed by atoms with Crippen molar-refractivity contribution in [3.05, 3.63) is 74.6 Å². The third kappa shape index (κ3) is 4.00. The first-order valence-electron chi connectivity index (χ1n) is 9.85. The Labute approximate surface area is 181 Å². The van der Waals surface area contributed by atoms with Crippen LogP contribution in [0.1, 0.15) is 41.7 Å². The number of nitrogens with one attached hydrogen (secondary N) is 2. The van der Waals surface area contributed by atoms with Crippen molar-refractivity contribution in [2.45, 2.75) is 32.2 Å². The molecule has 0 bridgehead atoms. The van der Waals surface area contributed by atoms with Gasteiger partial charge in [-0.1, -0.05) is 53.2 Å². The van der Waals surface area contributed by atoms with Crippen molar-refractivity contribution in [1.29, 1.82) is 0 Å². The Bertz CT molecular complexity index is 1170. The summed E-state index contributed by atoms with van der Waals surface area (Å²) in [5.41, 5.74) is 5.95. The molecular weight excluding hydrogens is 448 g/mol. The van der Waals surface area contributed by atoms with Gasteiger partial charge in [-0.05, 0) is 42.5 Å². The number of carbonyl (C=O) groups is 2. The molecule has 4 rings (SSSR count). The van der Waals surface area contributed by atoms with E-state index < -0.39 is 5.91 Å². The van der Waals surface area contributed by atoms with Crippen molar-refractivity contribution in [2.75, 3.05) is 0 Å². The van der Waals surface area contributed by atoms with E-state index in [1.807, 2.05) is 31.2 Å². The van der Waals surface area contributed by atoms with Crippen molar-refractivity contribution in [1.82, 2.24) is 20.6 Å². The van der Waals surface area contributed by atoms with E-state index in [1.165, 1.54) is 4.68 Å². The van der Waals surface area contributed by atoms with Gasteiger partial charge in [-0.25, -0.2) is 4.68 Å². The first-order valence-corrected chi connectivity index (χ1v) is 10.6. The summed E-state index contributed by atoms with van der Waals surface area (Å²) in [4.78, 5) is 37.8. The zero-order valence-corrected chi connectivity index (χ0v) is 18.0. The highest BCUT2D eigenvalue weighted by Crippen LogP contribution is 2.47. The van der Waals surface area contributed by atoms with E-state index in [2.05, 4.69) is 31.9 Å². The fraction of sp³-hybridized carbons (Fsp3) is 0.273. The van der Waals surface area contributed by atoms with Gasteiger partial charge in [0.2, 0.25) is 5.91 Å². The largest absolute Gasteiger partial charge is 0.290 e. The van der Waals surface area contributed by atoms with Crippen molar-refractivity contribution in [2.24, 2.45) is 5.92 Å². The maximum atomic E-state index is 12.8. The minimum atomic E-state index is -0.551. The van der Waals surface area contributed by atoms with Gasteiger partial charge in [0, 0.05) is 22.3 Å². The summed E-state index contributed by atoms with van der Waals surface area (Å²) in [6.45, 7) is 2.34. The Balaban J connectivity index is 1.47. The quantitative estimate of drug-likeness (QED) is 0.562. The van der Waals surface area contributed by atoms with Crippen LogP contribution in [0.15, 0.2) is 57.8 Å². The Morgan fingerprint density at radius 1 is 1.10 bits per heavy atom. The maximum absolute atomic E-state index is 12.8. The van der Waals surface area contributed by atoms with Crippen LogP contribution in [0.25, 0.3) is 10.8 Å². The van der Waals surface area contributed by atoms with Gasteiger partial charge in [0.25, 0.3) is 11.5 Å². The predicted octanol–water partition coefficient (Wildman–Crippen LogP) is 3.13. The molecule has 0 spiro atoms. The molecule has 7 nitrogen and oxygen atoms in total. The highest BCUT2D eigenvalue weighted by molar-refractivity contribution is 9.10. The SMILES string of the molecule is CCCn1nc(C(=O)NNC(=O)C2CC2c2ccc(Br)cc2)c2ccccc2c1=O. The van der Waals surface area contributed by atoms with Crippen molar-refractivity contribution in [3.8, 4) is 0 Å². The number of fused-ring (bicyclic) bond motifs is 1. The molecule has 1 heterocycles. The number of benzene rings is 2. The van der Waals surface area contributed by atoms with Crippen LogP contribution >= 0.6 is 15.9 Å². The standard InChI is InChI=1S/C22H21BrN4O3/c1-2-11-27-22(30)16-6-4-3-5-15(16)19(26-27)21(29)25-24-20(28)18-12-17(18)13-7-9-14(23)10-8-13/h3-10,17-18H,2,11-12H2,1H3,(H,24,28)(H,25,29). The Morgan fingerprint density at radius 2 is 1.80 bits per heavy atom. The second kappa shape index (κ2) is 8.39. The normalized spacial score (nSPS) is 17.5. The molecule has 0 aliphatic heterocycles. The second-order valence-electron chi connectivity index (χ2n) is 7.37. The van der Waals surface area contributed by atoms with E-state index in [1.54, 1.807) is 24.3 Å². The zero-order valence-electron chi connectivity index (χ0n) is 16.4. The molecule has 2 aromatic carbocycles. The van der Waals surface area contributed by atoms with E-state index >= 15 is 0 Å². The zero-order chi connectivity index (χ0) is 21.3. The lowest BCUT2D eigenvalue weighted by atomic mass is 10.1. The van der Waals surface area contributed by atoms with E-state index in [4.69, 9.17) is 0 Å². The third-order valence-electron chi connectivity index (χ3n) is 5.24. The number of carbonyl (C=O) groups excluding carboxylic acids is 2. The molecule has 1 aliphatic rings. The average molecular weight is 469 g/mol. The lowest BCUT2D eigenvalue weighted by Crippen LogP contribution is -2.43. The van der Waals surface area contributed by atoms with E-state index in [0.29, 0.717) is 23.7 Å². The Hall–Kier alpha value is -3.00. The summed E-state index contributed by atoms with van der Waals surface area (Å²) in [6, 6.07) is 14.7. The third-order valence-corrected chi connectivity index (χ3v) is 5.77. The lowest BCUT2D eigenvalue weighted by Gasteiger charge is -2.11. The molecule has 1 aromatic heterocycles. The summed E-state index contributed by atoms with van der Waals surface area (Å²) in [7, 11) is 0. The summed E-state index contributed by atoms with van der Waals surface area (Å²) in [5.74, 6) is -0.807. The van der Waals surface area contributed by atoms with Crippen LogP contribution in [0.4, 0.5) is 0 Å². The molecule has 0 saturated heterocycles. The predicted molar refractivity (Wildman–Crippen MR) is 117 cm³/mol. The molecule has 2 atom stereocenters. The lowest BCUT2D eigenvalue weighted by molar-refractivity contribution is -0.123. The number of aromatic nitrogens is 2. The van der Waals surface area contributed by atoms with Gasteiger partial charge in [-0.3, -0.25) is 25.2 Å². The van der Waals surface area contributed by atoms with Gasteiger partial charge in [-0.15, -0.1) is 0 Å². The second-order valence-corrected chi connectivity index (χ2v) is 8.28. The number of halogens is 1. The first kappa shape index (κ1) is 20.3. The fourth-order valence-electron chi connectivity index (χ4n) is 3.60. The van der Waals surface area contributed by atoms with Crippen LogP contribution in [-0.4, -0.2) is 21.6 Å². The average Bonchev–Trinajstić information content (AvgIpc) is 3.55. The van der Waals surface area contributed by atoms with Gasteiger partial charge in [0.1, 0.15) is 0 Å². The van der Waals surface area contributed by atoms with Gasteiger partial charge >= 0.3 is 0 Å². The molecular formula is C22H21BrN4O3. The molecule has 154 valence electrons. The van der Waals surface area contributed by atoms with Gasteiger partial charge in [-0.2, -0.15) is 5.10 Å². The van der Waals surface area contributed by atoms with Gasteiger partial charge in [0.15, 0.2) is 5.69 Å². The van der Waals surface area contributed by atoms with E-state index in [9.17, 15) is 14.4 Å². The molecule has 1 fully saturated rings. The van der Waals surface area contributed by atoms with Crippen LogP contribution in [0, 0.1) is 5.92 Å². The van der Waals surface area contributed by atoms with Crippen molar-refractivity contribution >= 4 is 38.5 Å². The molecule has 8 heteroatoms. The number of amides is 2. The number of hydrogen-bond acceptors (Lipinski definition) is 4.